The predicted octanol–water partition coefficient (Wildman–Crippen LogP) is 2.87. The van der Waals surface area contributed by atoms with E-state index >= 15 is 0 Å². The van der Waals surface area contributed by atoms with Crippen molar-refractivity contribution in [3.8, 4) is 11.5 Å². The zero-order valence-corrected chi connectivity index (χ0v) is 15.8. The molecule has 140 valence electrons. The highest BCUT2D eigenvalue weighted by atomic mass is 16.5. The lowest BCUT2D eigenvalue weighted by atomic mass is 10.1. The van der Waals surface area contributed by atoms with Gasteiger partial charge in [0.15, 0.2) is 0 Å². The highest BCUT2D eigenvalue weighted by Crippen LogP contribution is 2.30. The van der Waals surface area contributed by atoms with E-state index in [-0.39, 0.29) is 0 Å². The zero-order chi connectivity index (χ0) is 18.5. The molecule has 0 bridgehead atoms. The second-order valence-corrected chi connectivity index (χ2v) is 6.75. The number of hydrogen-bond donors (Lipinski definition) is 1. The molecule has 1 heterocycles. The van der Waals surface area contributed by atoms with Crippen LogP contribution < -0.4 is 14.4 Å². The minimum Gasteiger partial charge on any atom is -0.497 e. The largest absolute Gasteiger partial charge is 0.497 e. The molecule has 1 fully saturated rings. The third kappa shape index (κ3) is 4.29. The maximum Gasteiger partial charge on any atom is 0.124 e. The number of nitrogens with zero attached hydrogens (tertiary/aromatic N) is 2. The molecule has 1 saturated heterocycles. The molecule has 5 nitrogen and oxygen atoms in total. The molecular formula is C21H28N2O3. The highest BCUT2D eigenvalue weighted by Gasteiger charge is 2.22. The summed E-state index contributed by atoms with van der Waals surface area (Å²) in [5.41, 5.74) is 3.33. The average molecular weight is 356 g/mol. The normalized spacial score (nSPS) is 16.4. The Labute approximate surface area is 155 Å². The molecule has 2 aromatic rings. The van der Waals surface area contributed by atoms with Crippen molar-refractivity contribution in [3.63, 3.8) is 0 Å². The standard InChI is InChI=1S/C21H28N2O3/c1-16-5-4-6-17(13-16)23-11-9-22(10-12-23)15-20(24)19-14-18(25-2)7-8-21(19)26-3/h4-8,13-14,20,24H,9-12,15H2,1-3H3/t20-/m0/s1. The molecule has 1 N–H and O–H groups in total. The first-order chi connectivity index (χ1) is 12.6. The van der Waals surface area contributed by atoms with Crippen molar-refractivity contribution in [2.75, 3.05) is 51.8 Å². The van der Waals surface area contributed by atoms with Crippen LogP contribution in [0.1, 0.15) is 17.2 Å². The van der Waals surface area contributed by atoms with Gasteiger partial charge in [0.25, 0.3) is 0 Å². The highest BCUT2D eigenvalue weighted by molar-refractivity contribution is 5.48. The smallest absolute Gasteiger partial charge is 0.124 e. The number of β-amino-alcohol motifs (C(OH)–C–C–N with tert-alkyl or cyclic N) is 1. The number of aryl methyl sites for hydroxylation is 1. The lowest BCUT2D eigenvalue weighted by Gasteiger charge is -2.37. The van der Waals surface area contributed by atoms with Crippen molar-refractivity contribution in [2.24, 2.45) is 0 Å². The molecule has 0 spiro atoms. The molecule has 1 aliphatic heterocycles. The Balaban J connectivity index is 1.61. The van der Waals surface area contributed by atoms with Crippen LogP contribution in [-0.4, -0.2) is 56.9 Å². The summed E-state index contributed by atoms with van der Waals surface area (Å²) in [5, 5.41) is 10.7. The summed E-state index contributed by atoms with van der Waals surface area (Å²) in [6, 6.07) is 14.2. The van der Waals surface area contributed by atoms with Gasteiger partial charge in [-0.3, -0.25) is 4.90 Å². The van der Waals surface area contributed by atoms with E-state index in [0.717, 1.165) is 37.5 Å². The van der Waals surface area contributed by atoms with Gasteiger partial charge in [-0.25, -0.2) is 0 Å². The second-order valence-electron chi connectivity index (χ2n) is 6.75. The SMILES string of the molecule is COc1ccc(OC)c([C@@H](O)CN2CCN(c3cccc(C)c3)CC2)c1. The third-order valence-corrected chi connectivity index (χ3v) is 4.97. The van der Waals surface area contributed by atoms with Gasteiger partial charge in [0.05, 0.1) is 20.3 Å². The molecule has 1 aliphatic rings. The number of aliphatic hydroxyl groups is 1. The number of hydrogen-bond acceptors (Lipinski definition) is 5. The summed E-state index contributed by atoms with van der Waals surface area (Å²) in [6.07, 6.45) is -0.606. The Morgan fingerprint density at radius 1 is 1.00 bits per heavy atom. The van der Waals surface area contributed by atoms with Crippen LogP contribution in [0.2, 0.25) is 0 Å². The summed E-state index contributed by atoms with van der Waals surface area (Å²) in [5.74, 6) is 1.42. The summed E-state index contributed by atoms with van der Waals surface area (Å²) in [7, 11) is 3.25. The summed E-state index contributed by atoms with van der Waals surface area (Å²) in [6.45, 7) is 6.49. The van der Waals surface area contributed by atoms with Crippen molar-refractivity contribution >= 4 is 5.69 Å². The molecule has 3 rings (SSSR count). The van der Waals surface area contributed by atoms with E-state index in [9.17, 15) is 5.11 Å². The number of ether oxygens (including phenoxy) is 2. The monoisotopic (exact) mass is 356 g/mol. The summed E-state index contributed by atoms with van der Waals surface area (Å²) in [4.78, 5) is 4.71. The molecule has 2 aromatic carbocycles. The molecule has 5 heteroatoms. The van der Waals surface area contributed by atoms with Gasteiger partial charge in [0.2, 0.25) is 0 Å². The maximum atomic E-state index is 10.7. The van der Waals surface area contributed by atoms with Crippen LogP contribution in [0.3, 0.4) is 0 Å². The van der Waals surface area contributed by atoms with Crippen LogP contribution in [0.15, 0.2) is 42.5 Å². The van der Waals surface area contributed by atoms with Gasteiger partial charge < -0.3 is 19.5 Å². The summed E-state index contributed by atoms with van der Waals surface area (Å²) >= 11 is 0. The van der Waals surface area contributed by atoms with E-state index in [0.29, 0.717) is 12.3 Å². The van der Waals surface area contributed by atoms with Crippen LogP contribution in [-0.2, 0) is 0 Å². The first-order valence-corrected chi connectivity index (χ1v) is 9.04. The first kappa shape index (κ1) is 18.5. The molecule has 0 radical (unpaired) electrons. The van der Waals surface area contributed by atoms with E-state index in [1.807, 2.05) is 18.2 Å². The number of methoxy groups -OCH3 is 2. The quantitative estimate of drug-likeness (QED) is 0.862. The fraction of sp³-hybridized carbons (Fsp3) is 0.429. The van der Waals surface area contributed by atoms with E-state index in [2.05, 4.69) is 41.0 Å². The lowest BCUT2D eigenvalue weighted by molar-refractivity contribution is 0.107. The minimum absolute atomic E-state index is 0.588. The number of piperazine rings is 1. The fourth-order valence-electron chi connectivity index (χ4n) is 3.46. The number of anilines is 1. The van der Waals surface area contributed by atoms with Gasteiger partial charge >= 0.3 is 0 Å². The van der Waals surface area contributed by atoms with Crippen molar-refractivity contribution in [1.82, 2.24) is 4.90 Å². The van der Waals surface area contributed by atoms with Gasteiger partial charge in [-0.05, 0) is 42.8 Å². The van der Waals surface area contributed by atoms with Crippen LogP contribution >= 0.6 is 0 Å². The topological polar surface area (TPSA) is 45.2 Å². The lowest BCUT2D eigenvalue weighted by Crippen LogP contribution is -2.47. The third-order valence-electron chi connectivity index (χ3n) is 4.97. The number of aliphatic hydroxyl groups excluding tert-OH is 1. The first-order valence-electron chi connectivity index (χ1n) is 9.04. The van der Waals surface area contributed by atoms with Crippen LogP contribution in [0.4, 0.5) is 5.69 Å². The molecular weight excluding hydrogens is 328 g/mol. The number of rotatable bonds is 6. The molecule has 1 atom stereocenters. The van der Waals surface area contributed by atoms with Crippen molar-refractivity contribution in [2.45, 2.75) is 13.0 Å². The Morgan fingerprint density at radius 3 is 2.42 bits per heavy atom. The molecule has 0 amide bonds. The van der Waals surface area contributed by atoms with E-state index in [4.69, 9.17) is 9.47 Å². The Kier molecular flexibility index (Phi) is 6.01. The molecule has 0 aromatic heterocycles. The van der Waals surface area contributed by atoms with Crippen LogP contribution in [0.25, 0.3) is 0 Å². The Hall–Kier alpha value is -2.24. The van der Waals surface area contributed by atoms with Gasteiger partial charge in [-0.15, -0.1) is 0 Å². The van der Waals surface area contributed by atoms with E-state index < -0.39 is 6.10 Å². The summed E-state index contributed by atoms with van der Waals surface area (Å²) < 4.78 is 10.7. The van der Waals surface area contributed by atoms with Crippen LogP contribution in [0, 0.1) is 6.92 Å². The van der Waals surface area contributed by atoms with Crippen molar-refractivity contribution < 1.29 is 14.6 Å². The van der Waals surface area contributed by atoms with Gasteiger partial charge in [-0.1, -0.05) is 12.1 Å². The molecule has 0 saturated carbocycles. The molecule has 0 aliphatic carbocycles. The zero-order valence-electron chi connectivity index (χ0n) is 15.8. The van der Waals surface area contributed by atoms with E-state index in [1.165, 1.54) is 11.3 Å². The average Bonchev–Trinajstić information content (AvgIpc) is 2.68. The maximum absolute atomic E-state index is 10.7. The fourth-order valence-corrected chi connectivity index (χ4v) is 3.46. The predicted molar refractivity (Wildman–Crippen MR) is 104 cm³/mol. The van der Waals surface area contributed by atoms with Gasteiger partial charge in [0.1, 0.15) is 11.5 Å². The van der Waals surface area contributed by atoms with Crippen molar-refractivity contribution in [1.29, 1.82) is 0 Å². The van der Waals surface area contributed by atoms with Crippen LogP contribution in [0.5, 0.6) is 11.5 Å². The Bertz CT molecular complexity index is 727. The number of benzene rings is 2. The Morgan fingerprint density at radius 2 is 1.77 bits per heavy atom. The van der Waals surface area contributed by atoms with Crippen molar-refractivity contribution in [3.05, 3.63) is 53.6 Å². The molecule has 26 heavy (non-hydrogen) atoms. The van der Waals surface area contributed by atoms with E-state index in [1.54, 1.807) is 14.2 Å². The second kappa shape index (κ2) is 8.43. The van der Waals surface area contributed by atoms with Gasteiger partial charge in [-0.2, -0.15) is 0 Å². The minimum atomic E-state index is -0.606. The van der Waals surface area contributed by atoms with Gasteiger partial charge in [0, 0.05) is 44.0 Å². The molecule has 0 unspecified atom stereocenters.